The Morgan fingerprint density at radius 3 is 2.77 bits per heavy atom. The van der Waals surface area contributed by atoms with Gasteiger partial charge in [0.15, 0.2) is 5.16 Å². The van der Waals surface area contributed by atoms with Crippen LogP contribution in [0.15, 0.2) is 45.7 Å². The number of benzene rings is 1. The van der Waals surface area contributed by atoms with Crippen LogP contribution in [0.4, 0.5) is 0 Å². The molecule has 6 heteroatoms. The molecule has 0 spiro atoms. The first kappa shape index (κ1) is 15.6. The molecule has 0 amide bonds. The number of thiophene rings is 1. The van der Waals surface area contributed by atoms with Gasteiger partial charge >= 0.3 is 0 Å². The van der Waals surface area contributed by atoms with Crippen LogP contribution in [0.3, 0.4) is 0 Å². The van der Waals surface area contributed by atoms with Crippen molar-refractivity contribution in [3.8, 4) is 5.69 Å². The summed E-state index contributed by atoms with van der Waals surface area (Å²) in [7, 11) is 0. The lowest BCUT2D eigenvalue weighted by molar-refractivity contribution is 0.816. The van der Waals surface area contributed by atoms with Gasteiger partial charge in [0, 0.05) is 10.8 Å². The van der Waals surface area contributed by atoms with Crippen molar-refractivity contribution in [2.45, 2.75) is 24.9 Å². The van der Waals surface area contributed by atoms with E-state index in [-0.39, 0.29) is 5.56 Å². The third-order valence-corrected chi connectivity index (χ3v) is 5.43. The molecule has 3 aromatic rings. The first-order valence-corrected chi connectivity index (χ1v) is 9.34. The lowest BCUT2D eigenvalue weighted by Crippen LogP contribution is -2.20. The Labute approximate surface area is 142 Å². The highest BCUT2D eigenvalue weighted by molar-refractivity contribution is 7.99. The molecule has 0 N–H and O–H groups in total. The summed E-state index contributed by atoms with van der Waals surface area (Å²) in [5.41, 5.74) is 1.57. The second kappa shape index (κ2) is 6.86. The Morgan fingerprint density at radius 2 is 2.05 bits per heavy atom. The molecular weight excluding hydrogens is 336 g/mol. The number of thioether (sulfide) groups is 1. The monoisotopic (exact) mass is 350 g/mol. The van der Waals surface area contributed by atoms with Crippen molar-refractivity contribution in [1.29, 1.82) is 0 Å². The van der Waals surface area contributed by atoms with E-state index in [2.05, 4.69) is 11.9 Å². The molecular formula is C16H15ClN2OS2. The van der Waals surface area contributed by atoms with E-state index >= 15 is 0 Å². The molecule has 2 heterocycles. The van der Waals surface area contributed by atoms with Crippen LogP contribution in [0.25, 0.3) is 15.9 Å². The normalized spacial score (nSPS) is 11.2. The quantitative estimate of drug-likeness (QED) is 0.369. The van der Waals surface area contributed by atoms with Gasteiger partial charge in [0.25, 0.3) is 5.56 Å². The molecule has 0 fully saturated rings. The largest absolute Gasteiger partial charge is 0.276 e. The lowest BCUT2D eigenvalue weighted by Gasteiger charge is -2.12. The summed E-state index contributed by atoms with van der Waals surface area (Å²) in [5, 5.41) is 3.31. The zero-order chi connectivity index (χ0) is 15.5. The number of unbranched alkanes of at least 4 members (excludes halogenated alkanes) is 1. The number of hydrogen-bond acceptors (Lipinski definition) is 4. The van der Waals surface area contributed by atoms with Gasteiger partial charge in [0.1, 0.15) is 4.70 Å². The molecule has 0 unspecified atom stereocenters. The number of aromatic nitrogens is 2. The van der Waals surface area contributed by atoms with Crippen molar-refractivity contribution in [3.05, 3.63) is 51.1 Å². The predicted molar refractivity (Wildman–Crippen MR) is 95.9 cm³/mol. The number of rotatable bonds is 5. The van der Waals surface area contributed by atoms with Crippen molar-refractivity contribution in [1.82, 2.24) is 9.55 Å². The molecule has 0 saturated heterocycles. The highest BCUT2D eigenvalue weighted by Crippen LogP contribution is 2.24. The topological polar surface area (TPSA) is 34.9 Å². The van der Waals surface area contributed by atoms with Crippen molar-refractivity contribution >= 4 is 44.9 Å². The van der Waals surface area contributed by atoms with Gasteiger partial charge in [-0.1, -0.05) is 36.7 Å². The molecule has 0 saturated carbocycles. The standard InChI is InChI=1S/C16H15ClN2OS2/c1-2-3-9-22-16-18-13-8-10-21-14(13)15(20)19(16)12-6-4-11(17)5-7-12/h4-8,10H,2-3,9H2,1H3. The van der Waals surface area contributed by atoms with E-state index in [1.807, 2.05) is 23.6 Å². The van der Waals surface area contributed by atoms with Crippen LogP contribution in [-0.4, -0.2) is 15.3 Å². The maximum absolute atomic E-state index is 12.8. The fraction of sp³-hybridized carbons (Fsp3) is 0.250. The van der Waals surface area contributed by atoms with Gasteiger partial charge in [0.2, 0.25) is 0 Å². The number of halogens is 1. The summed E-state index contributed by atoms with van der Waals surface area (Å²) in [5.74, 6) is 0.951. The first-order valence-electron chi connectivity index (χ1n) is 7.09. The second-order valence-corrected chi connectivity index (χ2v) is 7.26. The average Bonchev–Trinajstić information content (AvgIpc) is 2.98. The first-order chi connectivity index (χ1) is 10.7. The Balaban J connectivity index is 2.15. The van der Waals surface area contributed by atoms with Gasteiger partial charge in [-0.05, 0) is 42.1 Å². The van der Waals surface area contributed by atoms with Gasteiger partial charge in [-0.15, -0.1) is 11.3 Å². The minimum atomic E-state index is -0.0127. The van der Waals surface area contributed by atoms with Crippen molar-refractivity contribution < 1.29 is 0 Å². The van der Waals surface area contributed by atoms with Gasteiger partial charge < -0.3 is 0 Å². The summed E-state index contributed by atoms with van der Waals surface area (Å²) < 4.78 is 2.38. The predicted octanol–water partition coefficient (Wildman–Crippen LogP) is 4.99. The van der Waals surface area contributed by atoms with Crippen LogP contribution in [-0.2, 0) is 0 Å². The smallest absolute Gasteiger partial charge is 0.267 e. The van der Waals surface area contributed by atoms with Gasteiger partial charge in [-0.2, -0.15) is 0 Å². The van der Waals surface area contributed by atoms with Crippen LogP contribution in [0, 0.1) is 0 Å². The Bertz CT molecular complexity index is 839. The highest BCUT2D eigenvalue weighted by Gasteiger charge is 2.14. The Hall–Kier alpha value is -1.30. The highest BCUT2D eigenvalue weighted by atomic mass is 35.5. The van der Waals surface area contributed by atoms with E-state index in [0.717, 1.165) is 35.0 Å². The number of nitrogens with zero attached hydrogens (tertiary/aromatic N) is 2. The molecule has 0 aliphatic rings. The van der Waals surface area contributed by atoms with Crippen LogP contribution in [0.5, 0.6) is 0 Å². The number of fused-ring (bicyclic) bond motifs is 1. The van der Waals surface area contributed by atoms with Crippen molar-refractivity contribution in [2.75, 3.05) is 5.75 Å². The van der Waals surface area contributed by atoms with E-state index in [9.17, 15) is 4.79 Å². The Kier molecular flexibility index (Phi) is 4.86. The molecule has 1 aromatic carbocycles. The van der Waals surface area contributed by atoms with Crippen LogP contribution >= 0.6 is 34.7 Å². The fourth-order valence-electron chi connectivity index (χ4n) is 2.11. The molecule has 3 nitrogen and oxygen atoms in total. The summed E-state index contributed by atoms with van der Waals surface area (Å²) in [6, 6.07) is 9.20. The third-order valence-electron chi connectivity index (χ3n) is 3.26. The Morgan fingerprint density at radius 1 is 1.27 bits per heavy atom. The van der Waals surface area contributed by atoms with Crippen LogP contribution in [0.2, 0.25) is 5.02 Å². The van der Waals surface area contributed by atoms with Crippen molar-refractivity contribution in [2.24, 2.45) is 0 Å². The maximum Gasteiger partial charge on any atom is 0.276 e. The SMILES string of the molecule is CCCCSc1nc2ccsc2c(=O)n1-c1ccc(Cl)cc1. The van der Waals surface area contributed by atoms with E-state index in [4.69, 9.17) is 11.6 Å². The molecule has 0 aliphatic heterocycles. The van der Waals surface area contributed by atoms with E-state index in [1.165, 1.54) is 11.3 Å². The zero-order valence-electron chi connectivity index (χ0n) is 12.1. The average molecular weight is 351 g/mol. The van der Waals surface area contributed by atoms with E-state index < -0.39 is 0 Å². The fourth-order valence-corrected chi connectivity index (χ4v) is 4.10. The molecule has 2 aromatic heterocycles. The molecule has 0 atom stereocenters. The molecule has 22 heavy (non-hydrogen) atoms. The summed E-state index contributed by atoms with van der Waals surface area (Å²) in [4.78, 5) is 17.5. The van der Waals surface area contributed by atoms with Crippen LogP contribution < -0.4 is 5.56 Å². The van der Waals surface area contributed by atoms with Crippen LogP contribution in [0.1, 0.15) is 19.8 Å². The summed E-state index contributed by atoms with van der Waals surface area (Å²) >= 11 is 9.01. The molecule has 0 radical (unpaired) electrons. The third kappa shape index (κ3) is 3.07. The summed E-state index contributed by atoms with van der Waals surface area (Å²) in [6.45, 7) is 2.16. The van der Waals surface area contributed by atoms with E-state index in [1.54, 1.807) is 28.5 Å². The molecule has 3 rings (SSSR count). The number of hydrogen-bond donors (Lipinski definition) is 0. The zero-order valence-corrected chi connectivity index (χ0v) is 14.5. The lowest BCUT2D eigenvalue weighted by atomic mass is 10.3. The maximum atomic E-state index is 12.8. The second-order valence-electron chi connectivity index (χ2n) is 4.85. The van der Waals surface area contributed by atoms with Gasteiger partial charge in [0.05, 0.1) is 11.2 Å². The summed E-state index contributed by atoms with van der Waals surface area (Å²) in [6.07, 6.45) is 2.22. The molecule has 0 bridgehead atoms. The molecule has 114 valence electrons. The minimum absolute atomic E-state index is 0.0127. The minimum Gasteiger partial charge on any atom is -0.267 e. The van der Waals surface area contributed by atoms with Gasteiger partial charge in [-0.25, -0.2) is 4.98 Å². The van der Waals surface area contributed by atoms with Crippen molar-refractivity contribution in [3.63, 3.8) is 0 Å². The van der Waals surface area contributed by atoms with Gasteiger partial charge in [-0.3, -0.25) is 9.36 Å². The molecule has 0 aliphatic carbocycles. The van der Waals surface area contributed by atoms with E-state index in [0.29, 0.717) is 9.72 Å².